The average molecular weight is 499 g/mol. The lowest BCUT2D eigenvalue weighted by Gasteiger charge is -2.19. The lowest BCUT2D eigenvalue weighted by Crippen LogP contribution is -2.27. The average Bonchev–Trinajstić information content (AvgIpc) is 3.20. The van der Waals surface area contributed by atoms with Crippen LogP contribution in [0.5, 0.6) is 11.5 Å². The summed E-state index contributed by atoms with van der Waals surface area (Å²) in [6.45, 7) is 7.85. The van der Waals surface area contributed by atoms with Crippen LogP contribution in [0.25, 0.3) is 0 Å². The molecular weight excluding hydrogens is 468 g/mol. The SMILES string of the molecule is CCOc1ccc(NC(=O)c2cccc(NC(=O)CC3SC(N(CC)CC)=NC3=O)c2)cc1OC. The van der Waals surface area contributed by atoms with Crippen molar-refractivity contribution < 1.29 is 23.9 Å². The molecule has 0 aromatic heterocycles. The van der Waals surface area contributed by atoms with Gasteiger partial charge in [0, 0.05) is 42.5 Å². The zero-order chi connectivity index (χ0) is 25.4. The monoisotopic (exact) mass is 498 g/mol. The Morgan fingerprint density at radius 3 is 2.46 bits per heavy atom. The predicted molar refractivity (Wildman–Crippen MR) is 139 cm³/mol. The molecule has 10 heteroatoms. The van der Waals surface area contributed by atoms with Gasteiger partial charge in [0.25, 0.3) is 11.8 Å². The number of amidine groups is 1. The molecule has 0 saturated carbocycles. The second-order valence-electron chi connectivity index (χ2n) is 7.60. The summed E-state index contributed by atoms with van der Waals surface area (Å²) in [7, 11) is 1.53. The van der Waals surface area contributed by atoms with Gasteiger partial charge in [-0.3, -0.25) is 14.4 Å². The number of nitrogens with one attached hydrogen (secondary N) is 2. The molecule has 35 heavy (non-hydrogen) atoms. The molecule has 0 fully saturated rings. The molecule has 0 radical (unpaired) electrons. The van der Waals surface area contributed by atoms with E-state index in [1.807, 2.05) is 25.7 Å². The normalized spacial score (nSPS) is 14.8. The van der Waals surface area contributed by atoms with E-state index in [-0.39, 0.29) is 24.1 Å². The fourth-order valence-electron chi connectivity index (χ4n) is 3.48. The number of anilines is 2. The van der Waals surface area contributed by atoms with Crippen LogP contribution in [0.15, 0.2) is 47.5 Å². The quantitative estimate of drug-likeness (QED) is 0.509. The van der Waals surface area contributed by atoms with Crippen LogP contribution in [-0.2, 0) is 9.59 Å². The molecule has 1 unspecified atom stereocenters. The van der Waals surface area contributed by atoms with Crippen molar-refractivity contribution in [2.75, 3.05) is 37.4 Å². The van der Waals surface area contributed by atoms with Gasteiger partial charge in [0.2, 0.25) is 5.91 Å². The number of carbonyl (C=O) groups excluding carboxylic acids is 3. The minimum atomic E-state index is -0.549. The first-order valence-electron chi connectivity index (χ1n) is 11.4. The second-order valence-corrected chi connectivity index (χ2v) is 8.77. The molecule has 3 amide bonds. The van der Waals surface area contributed by atoms with E-state index in [0.29, 0.717) is 40.2 Å². The number of carbonyl (C=O) groups is 3. The number of rotatable bonds is 10. The zero-order valence-electron chi connectivity index (χ0n) is 20.3. The summed E-state index contributed by atoms with van der Waals surface area (Å²) < 4.78 is 10.8. The lowest BCUT2D eigenvalue weighted by molar-refractivity contribution is -0.121. The van der Waals surface area contributed by atoms with Gasteiger partial charge in [-0.15, -0.1) is 0 Å². The highest BCUT2D eigenvalue weighted by atomic mass is 32.2. The number of thioether (sulfide) groups is 1. The van der Waals surface area contributed by atoms with Gasteiger partial charge in [-0.25, -0.2) is 0 Å². The molecule has 2 aromatic carbocycles. The number of ether oxygens (including phenoxy) is 2. The number of benzene rings is 2. The Morgan fingerprint density at radius 1 is 1.03 bits per heavy atom. The molecule has 0 saturated heterocycles. The highest BCUT2D eigenvalue weighted by molar-refractivity contribution is 8.15. The maximum Gasteiger partial charge on any atom is 0.262 e. The largest absolute Gasteiger partial charge is 0.493 e. The van der Waals surface area contributed by atoms with E-state index in [9.17, 15) is 14.4 Å². The van der Waals surface area contributed by atoms with Crippen molar-refractivity contribution in [3.05, 3.63) is 48.0 Å². The van der Waals surface area contributed by atoms with E-state index in [2.05, 4.69) is 15.6 Å². The summed E-state index contributed by atoms with van der Waals surface area (Å²) in [6, 6.07) is 11.7. The maximum absolute atomic E-state index is 12.8. The topological polar surface area (TPSA) is 109 Å². The predicted octanol–water partition coefficient (Wildman–Crippen LogP) is 4.01. The number of amides is 3. The van der Waals surface area contributed by atoms with Crippen LogP contribution in [0, 0.1) is 0 Å². The molecule has 1 atom stereocenters. The lowest BCUT2D eigenvalue weighted by atomic mass is 10.1. The van der Waals surface area contributed by atoms with Crippen molar-refractivity contribution in [2.45, 2.75) is 32.4 Å². The molecule has 0 aliphatic carbocycles. The van der Waals surface area contributed by atoms with Gasteiger partial charge in [0.15, 0.2) is 16.7 Å². The number of methoxy groups -OCH3 is 1. The van der Waals surface area contributed by atoms with Gasteiger partial charge in [-0.2, -0.15) is 4.99 Å². The van der Waals surface area contributed by atoms with E-state index in [0.717, 1.165) is 13.1 Å². The summed E-state index contributed by atoms with van der Waals surface area (Å²) in [5, 5.41) is 5.70. The molecule has 1 heterocycles. The first kappa shape index (κ1) is 26.1. The van der Waals surface area contributed by atoms with Crippen molar-refractivity contribution in [2.24, 2.45) is 4.99 Å². The van der Waals surface area contributed by atoms with Crippen LogP contribution < -0.4 is 20.1 Å². The van der Waals surface area contributed by atoms with Crippen molar-refractivity contribution in [1.82, 2.24) is 4.90 Å². The fourth-order valence-corrected chi connectivity index (χ4v) is 4.67. The molecule has 2 aromatic rings. The molecule has 2 N–H and O–H groups in total. The number of aliphatic imine (C=N–C) groups is 1. The Labute approximate surface area is 209 Å². The molecular formula is C25H30N4O5S. The number of hydrogen-bond acceptors (Lipinski definition) is 7. The van der Waals surface area contributed by atoms with E-state index < -0.39 is 5.25 Å². The van der Waals surface area contributed by atoms with Gasteiger partial charge in [0.05, 0.1) is 13.7 Å². The Balaban J connectivity index is 1.60. The third-order valence-electron chi connectivity index (χ3n) is 5.26. The number of hydrogen-bond donors (Lipinski definition) is 2. The third-order valence-corrected chi connectivity index (χ3v) is 6.48. The van der Waals surface area contributed by atoms with Gasteiger partial charge in [-0.1, -0.05) is 17.8 Å². The highest BCUT2D eigenvalue weighted by Crippen LogP contribution is 2.31. The summed E-state index contributed by atoms with van der Waals surface area (Å²) >= 11 is 1.31. The summed E-state index contributed by atoms with van der Waals surface area (Å²) in [5.74, 6) is 0.141. The summed E-state index contributed by atoms with van der Waals surface area (Å²) in [6.07, 6.45) is 0.000166. The van der Waals surface area contributed by atoms with Crippen LogP contribution in [0.3, 0.4) is 0 Å². The first-order valence-corrected chi connectivity index (χ1v) is 12.3. The minimum Gasteiger partial charge on any atom is -0.493 e. The minimum absolute atomic E-state index is 0.000166. The van der Waals surface area contributed by atoms with Gasteiger partial charge in [0.1, 0.15) is 5.25 Å². The van der Waals surface area contributed by atoms with Gasteiger partial charge >= 0.3 is 0 Å². The third kappa shape index (κ3) is 6.75. The van der Waals surface area contributed by atoms with E-state index in [1.54, 1.807) is 42.5 Å². The summed E-state index contributed by atoms with van der Waals surface area (Å²) in [4.78, 5) is 43.7. The molecule has 186 valence electrons. The van der Waals surface area contributed by atoms with Crippen molar-refractivity contribution >= 4 is 46.0 Å². The van der Waals surface area contributed by atoms with E-state index in [4.69, 9.17) is 9.47 Å². The second kappa shape index (κ2) is 12.3. The van der Waals surface area contributed by atoms with E-state index >= 15 is 0 Å². The van der Waals surface area contributed by atoms with Crippen LogP contribution in [0.2, 0.25) is 0 Å². The molecule has 0 bridgehead atoms. The van der Waals surface area contributed by atoms with Crippen molar-refractivity contribution in [1.29, 1.82) is 0 Å². The highest BCUT2D eigenvalue weighted by Gasteiger charge is 2.32. The standard InChI is InChI=1S/C25H30N4O5S/c1-5-29(6-2)25-28-24(32)21(35-25)15-22(30)26-17-10-8-9-16(13-17)23(31)27-18-11-12-19(34-7-3)20(14-18)33-4/h8-14,21H,5-7,15H2,1-4H3,(H,26,30)(H,27,31). The van der Waals surface area contributed by atoms with E-state index in [1.165, 1.54) is 18.9 Å². The van der Waals surface area contributed by atoms with Crippen LogP contribution >= 0.6 is 11.8 Å². The Hall–Kier alpha value is -3.53. The summed E-state index contributed by atoms with van der Waals surface area (Å²) in [5.41, 5.74) is 1.38. The van der Waals surface area contributed by atoms with Crippen LogP contribution in [0.4, 0.5) is 11.4 Å². The zero-order valence-corrected chi connectivity index (χ0v) is 21.1. The van der Waals surface area contributed by atoms with Gasteiger partial charge in [-0.05, 0) is 51.1 Å². The fraction of sp³-hybridized carbons (Fsp3) is 0.360. The van der Waals surface area contributed by atoms with Gasteiger partial charge < -0.3 is 25.0 Å². The molecule has 1 aliphatic rings. The molecule has 3 rings (SSSR count). The maximum atomic E-state index is 12.8. The van der Waals surface area contributed by atoms with Crippen LogP contribution in [0.1, 0.15) is 37.6 Å². The Bertz CT molecular complexity index is 1120. The molecule has 1 aliphatic heterocycles. The molecule has 9 nitrogen and oxygen atoms in total. The van der Waals surface area contributed by atoms with Crippen molar-refractivity contribution in [3.8, 4) is 11.5 Å². The number of nitrogens with zero attached hydrogens (tertiary/aromatic N) is 2. The smallest absolute Gasteiger partial charge is 0.262 e. The van der Waals surface area contributed by atoms with Crippen LogP contribution in [-0.4, -0.2) is 59.8 Å². The molecule has 0 spiro atoms. The van der Waals surface area contributed by atoms with Crippen molar-refractivity contribution in [3.63, 3.8) is 0 Å². The Morgan fingerprint density at radius 2 is 1.77 bits per heavy atom. The Kier molecular flexibility index (Phi) is 9.13. The first-order chi connectivity index (χ1) is 16.9.